The van der Waals surface area contributed by atoms with Crippen molar-refractivity contribution in [2.45, 2.75) is 33.6 Å². The zero-order valence-electron chi connectivity index (χ0n) is 12.9. The van der Waals surface area contributed by atoms with Gasteiger partial charge in [-0.3, -0.25) is 0 Å². The van der Waals surface area contributed by atoms with Gasteiger partial charge < -0.3 is 9.80 Å². The van der Waals surface area contributed by atoms with Crippen molar-refractivity contribution >= 4 is 22.9 Å². The third-order valence-corrected chi connectivity index (χ3v) is 4.81. The van der Waals surface area contributed by atoms with Crippen LogP contribution < -0.4 is 4.90 Å². The molecule has 0 unspecified atom stereocenters. The van der Waals surface area contributed by atoms with Crippen LogP contribution in [0, 0.1) is 5.92 Å². The highest BCUT2D eigenvalue weighted by Crippen LogP contribution is 2.20. The van der Waals surface area contributed by atoms with E-state index in [-0.39, 0.29) is 0 Å². The Bertz CT molecular complexity index is 429. The molecule has 0 amide bonds. The van der Waals surface area contributed by atoms with Gasteiger partial charge in [-0.2, -0.15) is 0 Å². The van der Waals surface area contributed by atoms with Gasteiger partial charge in [0.25, 0.3) is 0 Å². The zero-order valence-corrected chi connectivity index (χ0v) is 13.7. The molecule has 0 N–H and O–H groups in total. The van der Waals surface area contributed by atoms with Gasteiger partial charge in [0.15, 0.2) is 0 Å². The average Bonchev–Trinajstić information content (AvgIpc) is 2.49. The van der Waals surface area contributed by atoms with Crippen LogP contribution in [-0.4, -0.2) is 36.1 Å². The van der Waals surface area contributed by atoms with Crippen molar-refractivity contribution in [3.8, 4) is 0 Å². The lowest BCUT2D eigenvalue weighted by Gasteiger charge is -2.32. The third kappa shape index (κ3) is 3.51. The summed E-state index contributed by atoms with van der Waals surface area (Å²) in [6, 6.07) is 8.74. The first-order valence-electron chi connectivity index (χ1n) is 7.80. The number of rotatable bonds is 4. The Morgan fingerprint density at radius 2 is 1.70 bits per heavy atom. The molecule has 0 bridgehead atoms. The Hall–Kier alpha value is -1.09. The molecule has 1 aromatic carbocycles. The van der Waals surface area contributed by atoms with Gasteiger partial charge in [-0.15, -0.1) is 0 Å². The number of hydrogen-bond acceptors (Lipinski definition) is 2. The molecule has 0 atom stereocenters. The lowest BCUT2D eigenvalue weighted by Crippen LogP contribution is -2.37. The number of piperidine rings is 1. The van der Waals surface area contributed by atoms with E-state index in [1.807, 2.05) is 0 Å². The molecule has 3 heteroatoms. The van der Waals surface area contributed by atoms with Crippen molar-refractivity contribution in [1.29, 1.82) is 0 Å². The van der Waals surface area contributed by atoms with E-state index in [4.69, 9.17) is 12.2 Å². The molecule has 0 radical (unpaired) electrons. The second-order valence-corrected chi connectivity index (χ2v) is 6.08. The molecule has 0 aliphatic carbocycles. The highest BCUT2D eigenvalue weighted by atomic mass is 32.1. The molecular formula is C17H26N2S. The molecule has 110 valence electrons. The van der Waals surface area contributed by atoms with Crippen molar-refractivity contribution in [2.24, 2.45) is 5.92 Å². The molecule has 0 saturated carbocycles. The Morgan fingerprint density at radius 1 is 1.15 bits per heavy atom. The third-order valence-electron chi connectivity index (χ3n) is 4.31. The highest BCUT2D eigenvalue weighted by Gasteiger charge is 2.18. The predicted octanol–water partition coefficient (Wildman–Crippen LogP) is 3.94. The van der Waals surface area contributed by atoms with E-state index >= 15 is 0 Å². The van der Waals surface area contributed by atoms with E-state index in [1.54, 1.807) is 0 Å². The van der Waals surface area contributed by atoms with Gasteiger partial charge in [0.05, 0.1) is 0 Å². The molecule has 2 rings (SSSR count). The van der Waals surface area contributed by atoms with Gasteiger partial charge in [-0.05, 0) is 56.9 Å². The summed E-state index contributed by atoms with van der Waals surface area (Å²) >= 11 is 5.66. The zero-order chi connectivity index (χ0) is 14.5. The van der Waals surface area contributed by atoms with Gasteiger partial charge in [-0.25, -0.2) is 0 Å². The SMILES string of the molecule is CCN(CC)c1ccc(C(=S)N2CCC(C)CC2)cc1. The minimum atomic E-state index is 0.846. The van der Waals surface area contributed by atoms with Crippen LogP contribution in [-0.2, 0) is 0 Å². The molecule has 0 spiro atoms. The van der Waals surface area contributed by atoms with E-state index in [0.717, 1.165) is 37.1 Å². The van der Waals surface area contributed by atoms with Gasteiger partial charge in [0.2, 0.25) is 0 Å². The number of likely N-dealkylation sites (tertiary alicyclic amines) is 1. The monoisotopic (exact) mass is 290 g/mol. The largest absolute Gasteiger partial charge is 0.372 e. The van der Waals surface area contributed by atoms with Gasteiger partial charge in [-0.1, -0.05) is 19.1 Å². The van der Waals surface area contributed by atoms with Crippen molar-refractivity contribution < 1.29 is 0 Å². The quantitative estimate of drug-likeness (QED) is 0.776. The van der Waals surface area contributed by atoms with Crippen molar-refractivity contribution in [3.63, 3.8) is 0 Å². The summed E-state index contributed by atoms with van der Waals surface area (Å²) in [5, 5.41) is 0. The first-order chi connectivity index (χ1) is 9.65. The van der Waals surface area contributed by atoms with Crippen LogP contribution in [0.25, 0.3) is 0 Å². The number of hydrogen-bond donors (Lipinski definition) is 0. The van der Waals surface area contributed by atoms with Crippen LogP contribution in [0.4, 0.5) is 5.69 Å². The summed E-state index contributed by atoms with van der Waals surface area (Å²) in [4.78, 5) is 5.74. The molecular weight excluding hydrogens is 264 g/mol. The van der Waals surface area contributed by atoms with Gasteiger partial charge >= 0.3 is 0 Å². The normalized spacial score (nSPS) is 16.2. The molecule has 20 heavy (non-hydrogen) atoms. The lowest BCUT2D eigenvalue weighted by atomic mass is 9.99. The van der Waals surface area contributed by atoms with E-state index in [2.05, 4.69) is 54.8 Å². The molecule has 2 nitrogen and oxygen atoms in total. The highest BCUT2D eigenvalue weighted by molar-refractivity contribution is 7.80. The summed E-state index contributed by atoms with van der Waals surface area (Å²) in [5.74, 6) is 0.846. The van der Waals surface area contributed by atoms with E-state index in [0.29, 0.717) is 0 Å². The lowest BCUT2D eigenvalue weighted by molar-refractivity contribution is 0.284. The van der Waals surface area contributed by atoms with E-state index in [1.165, 1.54) is 24.1 Å². The van der Waals surface area contributed by atoms with Crippen LogP contribution in [0.15, 0.2) is 24.3 Å². The molecule has 1 aliphatic rings. The van der Waals surface area contributed by atoms with Crippen molar-refractivity contribution in [1.82, 2.24) is 4.90 Å². The average molecular weight is 290 g/mol. The summed E-state index contributed by atoms with van der Waals surface area (Å²) in [6.45, 7) is 11.0. The molecule has 0 aromatic heterocycles. The fraction of sp³-hybridized carbons (Fsp3) is 0.588. The topological polar surface area (TPSA) is 6.48 Å². The van der Waals surface area contributed by atoms with E-state index in [9.17, 15) is 0 Å². The second kappa shape index (κ2) is 7.07. The van der Waals surface area contributed by atoms with Crippen LogP contribution in [0.3, 0.4) is 0 Å². The Labute approximate surface area is 128 Å². The maximum Gasteiger partial charge on any atom is 0.109 e. The number of anilines is 1. The first-order valence-corrected chi connectivity index (χ1v) is 8.20. The van der Waals surface area contributed by atoms with Crippen LogP contribution >= 0.6 is 12.2 Å². The van der Waals surface area contributed by atoms with Gasteiger partial charge in [0, 0.05) is 37.4 Å². The smallest absolute Gasteiger partial charge is 0.109 e. The van der Waals surface area contributed by atoms with Crippen molar-refractivity contribution in [3.05, 3.63) is 29.8 Å². The summed E-state index contributed by atoms with van der Waals surface area (Å²) in [5.41, 5.74) is 2.47. The maximum absolute atomic E-state index is 5.66. The standard InChI is InChI=1S/C17H26N2S/c1-4-18(5-2)16-8-6-15(7-9-16)17(20)19-12-10-14(3)11-13-19/h6-9,14H,4-5,10-13H2,1-3H3. The number of thiocarbonyl (C=S) groups is 1. The second-order valence-electron chi connectivity index (χ2n) is 5.69. The van der Waals surface area contributed by atoms with Crippen molar-refractivity contribution in [2.75, 3.05) is 31.1 Å². The Morgan fingerprint density at radius 3 is 2.20 bits per heavy atom. The Kier molecular flexibility index (Phi) is 5.41. The van der Waals surface area contributed by atoms with Crippen LogP contribution in [0.2, 0.25) is 0 Å². The number of nitrogens with zero attached hydrogens (tertiary/aromatic N) is 2. The summed E-state index contributed by atoms with van der Waals surface area (Å²) < 4.78 is 0. The minimum absolute atomic E-state index is 0.846. The summed E-state index contributed by atoms with van der Waals surface area (Å²) in [6.07, 6.45) is 2.52. The first kappa shape index (κ1) is 15.3. The fourth-order valence-corrected chi connectivity index (χ4v) is 3.12. The Balaban J connectivity index is 2.04. The number of benzene rings is 1. The molecule has 1 fully saturated rings. The van der Waals surface area contributed by atoms with E-state index < -0.39 is 0 Å². The molecule has 1 aromatic rings. The van der Waals surface area contributed by atoms with Crippen LogP contribution in [0.5, 0.6) is 0 Å². The summed E-state index contributed by atoms with van der Waals surface area (Å²) in [7, 11) is 0. The predicted molar refractivity (Wildman–Crippen MR) is 91.7 cm³/mol. The van der Waals surface area contributed by atoms with Gasteiger partial charge in [0.1, 0.15) is 4.99 Å². The molecule has 1 heterocycles. The van der Waals surface area contributed by atoms with Crippen LogP contribution in [0.1, 0.15) is 39.2 Å². The molecule has 1 aliphatic heterocycles. The maximum atomic E-state index is 5.66. The minimum Gasteiger partial charge on any atom is -0.372 e. The fourth-order valence-electron chi connectivity index (χ4n) is 2.80. The molecule has 1 saturated heterocycles.